The van der Waals surface area contributed by atoms with E-state index in [2.05, 4.69) is 17.4 Å². The number of fused-ring (bicyclic) bond motifs is 3. The highest BCUT2D eigenvalue weighted by Crippen LogP contribution is 2.28. The van der Waals surface area contributed by atoms with Gasteiger partial charge in [0.2, 0.25) is 0 Å². The smallest absolute Gasteiger partial charge is 0.255 e. The number of carbonyl (C=O) groups excluding carboxylic acids is 1. The molecule has 1 aromatic heterocycles. The number of likely N-dealkylation sites (tertiary alicyclic amines) is 1. The van der Waals surface area contributed by atoms with Crippen molar-refractivity contribution in [3.63, 3.8) is 0 Å². The van der Waals surface area contributed by atoms with Crippen LogP contribution in [-0.2, 0) is 0 Å². The fourth-order valence-electron chi connectivity index (χ4n) is 3.44. The van der Waals surface area contributed by atoms with Crippen LogP contribution >= 0.6 is 23.7 Å². The molecular weight excluding hydrogens is 304 g/mol. The zero-order valence-electron chi connectivity index (χ0n) is 11.7. The van der Waals surface area contributed by atoms with E-state index >= 15 is 0 Å². The molecule has 2 aliphatic rings. The summed E-state index contributed by atoms with van der Waals surface area (Å²) in [5.41, 5.74) is 0.878. The molecule has 0 aliphatic carbocycles. The van der Waals surface area contributed by atoms with Crippen molar-refractivity contribution < 1.29 is 4.79 Å². The summed E-state index contributed by atoms with van der Waals surface area (Å²) in [4.78, 5) is 14.9. The molecule has 1 N–H and O–H groups in total. The summed E-state index contributed by atoms with van der Waals surface area (Å²) in [6.45, 7) is 1.75. The maximum Gasteiger partial charge on any atom is 0.255 e. The standard InChI is InChI=1S/C16H18N2OS.ClH/c19-16(14-10-20-15-4-2-1-3-13(14)15)18-8-7-11-5-6-12(9-18)17-11;/h1-4,10-12,17H,5-9H2;1H. The van der Waals surface area contributed by atoms with Crippen molar-refractivity contribution in [1.82, 2.24) is 10.2 Å². The first kappa shape index (κ1) is 14.8. The zero-order valence-corrected chi connectivity index (χ0v) is 13.4. The van der Waals surface area contributed by atoms with Gasteiger partial charge in [-0.05, 0) is 25.3 Å². The maximum atomic E-state index is 12.8. The van der Waals surface area contributed by atoms with Gasteiger partial charge in [-0.1, -0.05) is 18.2 Å². The topological polar surface area (TPSA) is 32.3 Å². The average molecular weight is 323 g/mol. The van der Waals surface area contributed by atoms with E-state index in [0.717, 1.165) is 30.5 Å². The van der Waals surface area contributed by atoms with Gasteiger partial charge in [-0.15, -0.1) is 23.7 Å². The van der Waals surface area contributed by atoms with Crippen molar-refractivity contribution in [1.29, 1.82) is 0 Å². The molecule has 2 bridgehead atoms. The summed E-state index contributed by atoms with van der Waals surface area (Å²) in [5.74, 6) is 0.205. The van der Waals surface area contributed by atoms with Crippen molar-refractivity contribution in [2.75, 3.05) is 13.1 Å². The number of rotatable bonds is 1. The molecule has 0 saturated carbocycles. The predicted octanol–water partition coefficient (Wildman–Crippen LogP) is 3.29. The minimum Gasteiger partial charge on any atom is -0.337 e. The van der Waals surface area contributed by atoms with Crippen molar-refractivity contribution in [2.45, 2.75) is 31.3 Å². The molecule has 3 nitrogen and oxygen atoms in total. The number of nitrogens with zero attached hydrogens (tertiary/aromatic N) is 1. The number of nitrogens with one attached hydrogen (secondary N) is 1. The average Bonchev–Trinajstić information content (AvgIpc) is 3.01. The molecule has 2 unspecified atom stereocenters. The molecule has 2 aromatic rings. The monoisotopic (exact) mass is 322 g/mol. The van der Waals surface area contributed by atoms with Crippen LogP contribution in [0.3, 0.4) is 0 Å². The number of carbonyl (C=O) groups is 1. The normalized spacial score (nSPS) is 24.7. The van der Waals surface area contributed by atoms with Crippen molar-refractivity contribution >= 4 is 39.7 Å². The Morgan fingerprint density at radius 3 is 2.90 bits per heavy atom. The van der Waals surface area contributed by atoms with E-state index in [1.54, 1.807) is 11.3 Å². The lowest BCUT2D eigenvalue weighted by Gasteiger charge is -2.24. The van der Waals surface area contributed by atoms with Gasteiger partial charge in [0.15, 0.2) is 0 Å². The van der Waals surface area contributed by atoms with Gasteiger partial charge in [0.1, 0.15) is 0 Å². The maximum absolute atomic E-state index is 12.8. The van der Waals surface area contributed by atoms with Gasteiger partial charge in [-0.3, -0.25) is 4.79 Å². The summed E-state index contributed by atoms with van der Waals surface area (Å²) in [6.07, 6.45) is 3.57. The quantitative estimate of drug-likeness (QED) is 0.873. The van der Waals surface area contributed by atoms with Crippen LogP contribution in [0.2, 0.25) is 0 Å². The summed E-state index contributed by atoms with van der Waals surface area (Å²) in [6, 6.07) is 9.30. The van der Waals surface area contributed by atoms with Gasteiger partial charge in [0, 0.05) is 40.6 Å². The second kappa shape index (κ2) is 5.95. The number of hydrogen-bond acceptors (Lipinski definition) is 3. The largest absolute Gasteiger partial charge is 0.337 e. The Bertz CT molecular complexity index is 657. The third kappa shape index (κ3) is 2.68. The minimum absolute atomic E-state index is 0. The van der Waals surface area contributed by atoms with Gasteiger partial charge < -0.3 is 10.2 Å². The molecule has 2 aliphatic heterocycles. The summed E-state index contributed by atoms with van der Waals surface area (Å²) in [7, 11) is 0. The zero-order chi connectivity index (χ0) is 13.5. The van der Waals surface area contributed by atoms with Crippen LogP contribution in [0, 0.1) is 0 Å². The molecule has 3 heterocycles. The highest BCUT2D eigenvalue weighted by molar-refractivity contribution is 7.17. The molecule has 1 amide bonds. The Kier molecular flexibility index (Phi) is 4.20. The predicted molar refractivity (Wildman–Crippen MR) is 89.5 cm³/mol. The number of hydrogen-bond donors (Lipinski definition) is 1. The van der Waals surface area contributed by atoms with Gasteiger partial charge in [-0.25, -0.2) is 0 Å². The van der Waals surface area contributed by atoms with Crippen LogP contribution in [0.25, 0.3) is 10.1 Å². The number of benzene rings is 1. The molecule has 4 rings (SSSR count). The number of amides is 1. The van der Waals surface area contributed by atoms with E-state index in [-0.39, 0.29) is 18.3 Å². The van der Waals surface area contributed by atoms with Gasteiger partial charge in [-0.2, -0.15) is 0 Å². The Morgan fingerprint density at radius 1 is 1.19 bits per heavy atom. The minimum atomic E-state index is 0. The first-order valence-corrected chi connectivity index (χ1v) is 8.21. The van der Waals surface area contributed by atoms with Gasteiger partial charge in [0.05, 0.1) is 5.56 Å². The van der Waals surface area contributed by atoms with Crippen molar-refractivity contribution in [2.24, 2.45) is 0 Å². The van der Waals surface area contributed by atoms with E-state index in [9.17, 15) is 4.79 Å². The van der Waals surface area contributed by atoms with Crippen LogP contribution in [-0.4, -0.2) is 36.0 Å². The van der Waals surface area contributed by atoms with Crippen LogP contribution in [0.5, 0.6) is 0 Å². The van der Waals surface area contributed by atoms with Crippen LogP contribution < -0.4 is 5.32 Å². The Balaban J connectivity index is 0.00000132. The van der Waals surface area contributed by atoms with E-state index in [1.807, 2.05) is 22.4 Å². The van der Waals surface area contributed by atoms with Gasteiger partial charge in [0.25, 0.3) is 5.91 Å². The molecule has 21 heavy (non-hydrogen) atoms. The molecule has 1 aromatic carbocycles. The lowest BCUT2D eigenvalue weighted by molar-refractivity contribution is 0.0750. The SMILES string of the molecule is Cl.O=C(c1csc2ccccc12)N1CCC2CCC(C1)N2. The second-order valence-electron chi connectivity index (χ2n) is 5.82. The van der Waals surface area contributed by atoms with Gasteiger partial charge >= 0.3 is 0 Å². The Labute approximate surface area is 134 Å². The Morgan fingerprint density at radius 2 is 2.00 bits per heavy atom. The third-order valence-corrected chi connectivity index (χ3v) is 5.49. The van der Waals surface area contributed by atoms with Crippen molar-refractivity contribution in [3.05, 3.63) is 35.2 Å². The highest BCUT2D eigenvalue weighted by atomic mass is 35.5. The third-order valence-electron chi connectivity index (χ3n) is 4.52. The number of thiophene rings is 1. The van der Waals surface area contributed by atoms with Crippen LogP contribution in [0.4, 0.5) is 0 Å². The molecule has 2 atom stereocenters. The molecular formula is C16H19ClN2OS. The van der Waals surface area contributed by atoms with Crippen LogP contribution in [0.15, 0.2) is 29.6 Å². The molecule has 2 fully saturated rings. The van der Waals surface area contributed by atoms with E-state index in [4.69, 9.17) is 0 Å². The first-order valence-electron chi connectivity index (χ1n) is 7.33. The number of halogens is 1. The molecule has 0 spiro atoms. The fourth-order valence-corrected chi connectivity index (χ4v) is 4.38. The summed E-state index contributed by atoms with van der Waals surface area (Å²) in [5, 5.41) is 6.75. The molecule has 0 radical (unpaired) electrons. The van der Waals surface area contributed by atoms with E-state index < -0.39 is 0 Å². The van der Waals surface area contributed by atoms with E-state index in [0.29, 0.717) is 12.1 Å². The van der Waals surface area contributed by atoms with E-state index in [1.165, 1.54) is 17.5 Å². The first-order chi connectivity index (χ1) is 9.81. The second-order valence-corrected chi connectivity index (χ2v) is 6.73. The highest BCUT2D eigenvalue weighted by Gasteiger charge is 2.31. The molecule has 112 valence electrons. The summed E-state index contributed by atoms with van der Waals surface area (Å²) < 4.78 is 1.20. The fraction of sp³-hybridized carbons (Fsp3) is 0.438. The lowest BCUT2D eigenvalue weighted by Crippen LogP contribution is -2.38. The van der Waals surface area contributed by atoms with Crippen molar-refractivity contribution in [3.8, 4) is 0 Å². The van der Waals surface area contributed by atoms with Crippen LogP contribution in [0.1, 0.15) is 29.6 Å². The summed E-state index contributed by atoms with van der Waals surface area (Å²) >= 11 is 1.66. The molecule has 2 saturated heterocycles. The molecule has 5 heteroatoms. The Hall–Kier alpha value is -1.10. The lowest BCUT2D eigenvalue weighted by atomic mass is 10.1.